The second-order valence-corrected chi connectivity index (χ2v) is 7.42. The highest BCUT2D eigenvalue weighted by Gasteiger charge is 2.12. The first-order valence-corrected chi connectivity index (χ1v) is 9.47. The Hall–Kier alpha value is -0.130. The van der Waals surface area contributed by atoms with Crippen molar-refractivity contribution in [3.05, 3.63) is 0 Å². The second kappa shape index (κ2) is 10.6. The molecule has 0 heterocycles. The van der Waals surface area contributed by atoms with Gasteiger partial charge in [0.15, 0.2) is 0 Å². The number of hydrogen-bond acceptors (Lipinski definition) is 4. The van der Waals surface area contributed by atoms with Gasteiger partial charge in [0.1, 0.15) is 9.84 Å². The highest BCUT2D eigenvalue weighted by molar-refractivity contribution is 7.91. The lowest BCUT2D eigenvalue weighted by Crippen LogP contribution is -2.34. The van der Waals surface area contributed by atoms with Gasteiger partial charge in [-0.05, 0) is 45.4 Å². The summed E-state index contributed by atoms with van der Waals surface area (Å²) in [5.74, 6) is 0.592. The summed E-state index contributed by atoms with van der Waals surface area (Å²) in [7, 11) is -2.81. The molecule has 0 aromatic rings. The SMILES string of the molecule is CCNC(CCCS(=O)(=O)CC)CCN(CC)CC. The molecule has 0 fully saturated rings. The van der Waals surface area contributed by atoms with Crippen LogP contribution in [0, 0.1) is 0 Å². The van der Waals surface area contributed by atoms with Crippen molar-refractivity contribution in [2.75, 3.05) is 37.7 Å². The van der Waals surface area contributed by atoms with Gasteiger partial charge in [-0.1, -0.05) is 27.7 Å². The molecule has 0 aromatic heterocycles. The van der Waals surface area contributed by atoms with Crippen LogP contribution in [0.1, 0.15) is 47.0 Å². The molecule has 0 aliphatic rings. The maximum absolute atomic E-state index is 11.5. The Morgan fingerprint density at radius 2 is 1.68 bits per heavy atom. The highest BCUT2D eigenvalue weighted by atomic mass is 32.2. The molecular weight excluding hydrogens is 260 g/mol. The molecule has 0 aliphatic heterocycles. The zero-order valence-electron chi connectivity index (χ0n) is 13.1. The standard InChI is InChI=1S/C14H32N2O2S/c1-5-15-14(11-12-16(6-2)7-3)10-9-13-19(17,18)8-4/h14-15H,5-13H2,1-4H3. The van der Waals surface area contributed by atoms with E-state index in [1.807, 2.05) is 0 Å². The third-order valence-electron chi connectivity index (χ3n) is 3.63. The van der Waals surface area contributed by atoms with E-state index in [0.717, 1.165) is 45.4 Å². The number of nitrogens with zero attached hydrogens (tertiary/aromatic N) is 1. The average molecular weight is 292 g/mol. The van der Waals surface area contributed by atoms with E-state index in [1.54, 1.807) is 6.92 Å². The normalized spacial score (nSPS) is 13.9. The first kappa shape index (κ1) is 18.9. The average Bonchev–Trinajstić information content (AvgIpc) is 2.39. The van der Waals surface area contributed by atoms with Gasteiger partial charge in [-0.2, -0.15) is 0 Å². The van der Waals surface area contributed by atoms with Gasteiger partial charge in [-0.25, -0.2) is 8.42 Å². The smallest absolute Gasteiger partial charge is 0.150 e. The van der Waals surface area contributed by atoms with Gasteiger partial charge < -0.3 is 10.2 Å². The van der Waals surface area contributed by atoms with Crippen LogP contribution in [0.5, 0.6) is 0 Å². The van der Waals surface area contributed by atoms with Gasteiger partial charge in [0.2, 0.25) is 0 Å². The molecule has 1 atom stereocenters. The molecule has 5 heteroatoms. The molecule has 1 unspecified atom stereocenters. The van der Waals surface area contributed by atoms with Crippen molar-refractivity contribution in [2.24, 2.45) is 0 Å². The van der Waals surface area contributed by atoms with Crippen LogP contribution in [0.3, 0.4) is 0 Å². The summed E-state index contributed by atoms with van der Waals surface area (Å²) in [6.07, 6.45) is 2.82. The molecule has 19 heavy (non-hydrogen) atoms. The fraction of sp³-hybridized carbons (Fsp3) is 1.00. The lowest BCUT2D eigenvalue weighted by atomic mass is 10.1. The summed E-state index contributed by atoms with van der Waals surface area (Å²) in [6.45, 7) is 12.4. The highest BCUT2D eigenvalue weighted by Crippen LogP contribution is 2.06. The van der Waals surface area contributed by atoms with Crippen molar-refractivity contribution in [1.29, 1.82) is 0 Å². The first-order valence-electron chi connectivity index (χ1n) is 7.65. The molecule has 1 N–H and O–H groups in total. The quantitative estimate of drug-likeness (QED) is 0.597. The van der Waals surface area contributed by atoms with Crippen LogP contribution in [-0.2, 0) is 9.84 Å². The molecule has 0 rings (SSSR count). The van der Waals surface area contributed by atoms with E-state index in [9.17, 15) is 8.42 Å². The minimum absolute atomic E-state index is 0.262. The summed E-state index contributed by atoms with van der Waals surface area (Å²) in [4.78, 5) is 2.41. The third-order valence-corrected chi connectivity index (χ3v) is 5.42. The van der Waals surface area contributed by atoms with Gasteiger partial charge in [0, 0.05) is 11.8 Å². The van der Waals surface area contributed by atoms with Gasteiger partial charge in [-0.3, -0.25) is 0 Å². The minimum Gasteiger partial charge on any atom is -0.314 e. The van der Waals surface area contributed by atoms with Gasteiger partial charge in [0.05, 0.1) is 5.75 Å². The van der Waals surface area contributed by atoms with Gasteiger partial charge in [-0.15, -0.1) is 0 Å². The third kappa shape index (κ3) is 9.41. The molecule has 0 amide bonds. The Morgan fingerprint density at radius 3 is 2.16 bits per heavy atom. The molecule has 116 valence electrons. The fourth-order valence-corrected chi connectivity index (χ4v) is 3.10. The summed E-state index contributed by atoms with van der Waals surface area (Å²) >= 11 is 0. The zero-order chi connectivity index (χ0) is 14.7. The molecule has 0 spiro atoms. The predicted octanol–water partition coefficient (Wildman–Crippen LogP) is 1.91. The van der Waals surface area contributed by atoms with Crippen molar-refractivity contribution >= 4 is 9.84 Å². The van der Waals surface area contributed by atoms with Crippen LogP contribution in [0.15, 0.2) is 0 Å². The number of hydrogen-bond donors (Lipinski definition) is 1. The molecule has 0 bridgehead atoms. The van der Waals surface area contributed by atoms with Crippen molar-refractivity contribution in [3.63, 3.8) is 0 Å². The van der Waals surface area contributed by atoms with E-state index in [1.165, 1.54) is 0 Å². The lowest BCUT2D eigenvalue weighted by Gasteiger charge is -2.23. The van der Waals surface area contributed by atoms with E-state index >= 15 is 0 Å². The number of nitrogens with one attached hydrogen (secondary N) is 1. The molecule has 0 saturated carbocycles. The summed E-state index contributed by atoms with van der Waals surface area (Å²) in [5, 5.41) is 3.47. The van der Waals surface area contributed by atoms with Crippen LogP contribution < -0.4 is 5.32 Å². The van der Waals surface area contributed by atoms with E-state index in [0.29, 0.717) is 11.8 Å². The van der Waals surface area contributed by atoms with E-state index in [4.69, 9.17) is 0 Å². The maximum atomic E-state index is 11.5. The van der Waals surface area contributed by atoms with E-state index in [2.05, 4.69) is 31.0 Å². The predicted molar refractivity (Wildman–Crippen MR) is 83.4 cm³/mol. The Kier molecular flexibility index (Phi) is 10.6. The number of rotatable bonds is 12. The largest absolute Gasteiger partial charge is 0.314 e. The van der Waals surface area contributed by atoms with E-state index in [-0.39, 0.29) is 5.75 Å². The Labute approximate surface area is 119 Å². The second-order valence-electron chi connectivity index (χ2n) is 4.95. The summed E-state index contributed by atoms with van der Waals surface area (Å²) in [5.41, 5.74) is 0. The Morgan fingerprint density at radius 1 is 1.05 bits per heavy atom. The summed E-state index contributed by atoms with van der Waals surface area (Å²) < 4.78 is 22.9. The zero-order valence-corrected chi connectivity index (χ0v) is 13.9. The fourth-order valence-electron chi connectivity index (χ4n) is 2.21. The molecule has 0 saturated heterocycles. The first-order chi connectivity index (χ1) is 8.99. The van der Waals surface area contributed by atoms with Crippen LogP contribution in [0.2, 0.25) is 0 Å². The van der Waals surface area contributed by atoms with Crippen LogP contribution in [0.25, 0.3) is 0 Å². The van der Waals surface area contributed by atoms with Crippen LogP contribution in [-0.4, -0.2) is 57.0 Å². The lowest BCUT2D eigenvalue weighted by molar-refractivity contribution is 0.278. The van der Waals surface area contributed by atoms with Crippen molar-refractivity contribution in [1.82, 2.24) is 10.2 Å². The molecule has 0 radical (unpaired) electrons. The molecule has 4 nitrogen and oxygen atoms in total. The minimum atomic E-state index is -2.81. The van der Waals surface area contributed by atoms with Crippen LogP contribution in [0.4, 0.5) is 0 Å². The molecule has 0 aliphatic carbocycles. The molecule has 0 aromatic carbocycles. The summed E-state index contributed by atoms with van der Waals surface area (Å²) in [6, 6.07) is 0.442. The van der Waals surface area contributed by atoms with Crippen molar-refractivity contribution in [3.8, 4) is 0 Å². The maximum Gasteiger partial charge on any atom is 0.150 e. The topological polar surface area (TPSA) is 49.4 Å². The van der Waals surface area contributed by atoms with Gasteiger partial charge >= 0.3 is 0 Å². The van der Waals surface area contributed by atoms with Crippen molar-refractivity contribution in [2.45, 2.75) is 53.0 Å². The monoisotopic (exact) mass is 292 g/mol. The van der Waals surface area contributed by atoms with Crippen LogP contribution >= 0.6 is 0 Å². The number of sulfone groups is 1. The van der Waals surface area contributed by atoms with Gasteiger partial charge in [0.25, 0.3) is 0 Å². The molecular formula is C14H32N2O2S. The Bertz CT molecular complexity index is 301. The Balaban J connectivity index is 4.05. The van der Waals surface area contributed by atoms with Crippen molar-refractivity contribution < 1.29 is 8.42 Å². The van der Waals surface area contributed by atoms with E-state index < -0.39 is 9.84 Å².